The summed E-state index contributed by atoms with van der Waals surface area (Å²) in [7, 11) is 0. The van der Waals surface area contributed by atoms with E-state index in [0.29, 0.717) is 0 Å². The van der Waals surface area contributed by atoms with Gasteiger partial charge in [-0.1, -0.05) is 0 Å². The largest absolute Gasteiger partial charge is 0.381 e. The van der Waals surface area contributed by atoms with Crippen LogP contribution in [0.15, 0.2) is 0 Å². The summed E-state index contributed by atoms with van der Waals surface area (Å²) in [6.07, 6.45) is 2.56. The number of ether oxygens (including phenoxy) is 1. The van der Waals surface area contributed by atoms with Crippen molar-refractivity contribution in [3.05, 3.63) is 0 Å². The Balaban J connectivity index is 0.000000250. The van der Waals surface area contributed by atoms with Gasteiger partial charge in [-0.25, -0.2) is 0 Å². The normalized spacial score (nSPS) is 20.0. The van der Waals surface area contributed by atoms with Crippen LogP contribution in [0.5, 0.6) is 0 Å². The third-order valence-corrected chi connectivity index (χ3v) is 0.827. The third-order valence-electron chi connectivity index (χ3n) is 0.827. The predicted octanol–water partition coefficient (Wildman–Crippen LogP) is 0.794. The van der Waals surface area contributed by atoms with Crippen molar-refractivity contribution in [2.24, 2.45) is 0 Å². The van der Waals surface area contributed by atoms with E-state index in [1.807, 2.05) is 0 Å². The van der Waals surface area contributed by atoms with Crippen molar-refractivity contribution in [2.75, 3.05) is 13.2 Å². The van der Waals surface area contributed by atoms with Gasteiger partial charge in [-0.3, -0.25) is 0 Å². The molecule has 6 heavy (non-hydrogen) atoms. The minimum absolute atomic E-state index is 0. The molecule has 0 radical (unpaired) electrons. The molecule has 0 unspecified atom stereocenters. The van der Waals surface area contributed by atoms with Crippen LogP contribution in [0, 0.1) is 0 Å². The van der Waals surface area contributed by atoms with Crippen molar-refractivity contribution < 1.29 is 24.5 Å². The molecular weight excluding hydrogens is 254 g/mol. The summed E-state index contributed by atoms with van der Waals surface area (Å²) in [6.45, 7) is 2.00. The molecule has 0 aromatic carbocycles. The minimum Gasteiger partial charge on any atom is -0.381 e. The number of rotatable bonds is 0. The topological polar surface area (TPSA) is 9.23 Å². The van der Waals surface area contributed by atoms with Gasteiger partial charge in [0.1, 0.15) is 0 Å². The number of hydrogen-bond acceptors (Lipinski definition) is 1. The maximum absolute atomic E-state index is 4.94. The quantitative estimate of drug-likeness (QED) is 0.627. The van der Waals surface area contributed by atoms with Crippen LogP contribution in [-0.2, 0) is 24.5 Å². The van der Waals surface area contributed by atoms with Crippen LogP contribution in [0.25, 0.3) is 0 Å². The fourth-order valence-corrected chi connectivity index (χ4v) is 0.510. The number of hydrogen-bond donors (Lipinski definition) is 0. The molecule has 0 bridgehead atoms. The summed E-state index contributed by atoms with van der Waals surface area (Å²) in [5.41, 5.74) is 0. The van der Waals surface area contributed by atoms with Gasteiger partial charge >= 0.3 is 0 Å². The van der Waals surface area contributed by atoms with Gasteiger partial charge in [0, 0.05) is 33.0 Å². The average Bonchev–Trinajstić information content (AvgIpc) is 1.76. The zero-order valence-electron chi connectivity index (χ0n) is 3.59. The first-order chi connectivity index (χ1) is 2.50. The van der Waals surface area contributed by atoms with Gasteiger partial charge in [0.05, 0.1) is 0 Å². The van der Waals surface area contributed by atoms with E-state index in [2.05, 4.69) is 0 Å². The van der Waals surface area contributed by atoms with Crippen LogP contribution in [-0.4, -0.2) is 13.2 Å². The van der Waals surface area contributed by atoms with E-state index in [9.17, 15) is 0 Å². The summed E-state index contributed by atoms with van der Waals surface area (Å²) in [6, 6.07) is 0. The second-order valence-electron chi connectivity index (χ2n) is 1.32. The van der Waals surface area contributed by atoms with Gasteiger partial charge in [0.15, 0.2) is 0 Å². The Morgan fingerprint density at radius 1 is 1.00 bits per heavy atom. The molecule has 1 aliphatic heterocycles. The molecule has 1 aliphatic rings. The van der Waals surface area contributed by atoms with Crippen molar-refractivity contribution in [3.8, 4) is 0 Å². The van der Waals surface area contributed by atoms with Gasteiger partial charge in [-0.05, 0) is 12.8 Å². The molecule has 1 rings (SSSR count). The maximum atomic E-state index is 4.94. The molecule has 38 valence electrons. The van der Waals surface area contributed by atoms with Gasteiger partial charge in [-0.15, -0.1) is 0 Å². The van der Waals surface area contributed by atoms with E-state index in [-0.39, 0.29) is 19.8 Å². The molecule has 1 nitrogen and oxygen atoms in total. The summed E-state index contributed by atoms with van der Waals surface area (Å²) >= 11 is 0. The van der Waals surface area contributed by atoms with Crippen LogP contribution in [0.3, 0.4) is 0 Å². The zero-order valence-corrected chi connectivity index (χ0v) is 6.13. The van der Waals surface area contributed by atoms with Crippen molar-refractivity contribution in [2.45, 2.75) is 12.8 Å². The SMILES string of the molecule is C1CCOC1.[Os]. The van der Waals surface area contributed by atoms with E-state index >= 15 is 0 Å². The summed E-state index contributed by atoms with van der Waals surface area (Å²) in [5, 5.41) is 0. The standard InChI is InChI=1S/C4H8O.Os/c1-2-4-5-3-1;/h1-4H2;. The fraction of sp³-hybridized carbons (Fsp3) is 1.00. The average molecular weight is 262 g/mol. The molecule has 0 N–H and O–H groups in total. The Morgan fingerprint density at radius 3 is 1.67 bits per heavy atom. The molecule has 0 aromatic heterocycles. The van der Waals surface area contributed by atoms with Crippen molar-refractivity contribution in [1.29, 1.82) is 0 Å². The molecule has 0 saturated carbocycles. The Labute approximate surface area is 51.1 Å². The summed E-state index contributed by atoms with van der Waals surface area (Å²) in [5.74, 6) is 0. The molecule has 0 aliphatic carbocycles. The van der Waals surface area contributed by atoms with Gasteiger partial charge < -0.3 is 4.74 Å². The van der Waals surface area contributed by atoms with E-state index in [4.69, 9.17) is 4.74 Å². The molecule has 0 aromatic rings. The Morgan fingerprint density at radius 2 is 1.50 bits per heavy atom. The zero-order chi connectivity index (χ0) is 3.54. The summed E-state index contributed by atoms with van der Waals surface area (Å²) < 4.78 is 4.94. The smallest absolute Gasteiger partial charge is 0.0466 e. The van der Waals surface area contributed by atoms with Crippen LogP contribution in [0.2, 0.25) is 0 Å². The Hall–Kier alpha value is 0.596. The van der Waals surface area contributed by atoms with Crippen LogP contribution < -0.4 is 0 Å². The van der Waals surface area contributed by atoms with E-state index in [1.165, 1.54) is 12.8 Å². The predicted molar refractivity (Wildman–Crippen MR) is 20.1 cm³/mol. The van der Waals surface area contributed by atoms with Crippen molar-refractivity contribution >= 4 is 0 Å². The minimum atomic E-state index is 0. The van der Waals surface area contributed by atoms with Crippen molar-refractivity contribution in [3.63, 3.8) is 0 Å². The summed E-state index contributed by atoms with van der Waals surface area (Å²) in [4.78, 5) is 0. The monoisotopic (exact) mass is 264 g/mol. The van der Waals surface area contributed by atoms with Crippen LogP contribution >= 0.6 is 0 Å². The van der Waals surface area contributed by atoms with Crippen LogP contribution in [0.1, 0.15) is 12.8 Å². The second-order valence-corrected chi connectivity index (χ2v) is 1.32. The molecule has 2 heteroatoms. The Kier molecular flexibility index (Phi) is 4.15. The molecular formula is C4H8OOs. The second kappa shape index (κ2) is 3.78. The molecule has 1 fully saturated rings. The van der Waals surface area contributed by atoms with Crippen molar-refractivity contribution in [1.82, 2.24) is 0 Å². The molecule has 1 heterocycles. The van der Waals surface area contributed by atoms with E-state index in [0.717, 1.165) is 13.2 Å². The molecule has 0 spiro atoms. The molecule has 1 saturated heterocycles. The first-order valence-corrected chi connectivity index (χ1v) is 2.08. The van der Waals surface area contributed by atoms with E-state index < -0.39 is 0 Å². The van der Waals surface area contributed by atoms with Gasteiger partial charge in [0.25, 0.3) is 0 Å². The Bertz CT molecular complexity index is 19.1. The van der Waals surface area contributed by atoms with Gasteiger partial charge in [-0.2, -0.15) is 0 Å². The van der Waals surface area contributed by atoms with E-state index in [1.54, 1.807) is 0 Å². The van der Waals surface area contributed by atoms with Gasteiger partial charge in [0.2, 0.25) is 0 Å². The molecule has 0 amide bonds. The molecule has 0 atom stereocenters. The fourth-order valence-electron chi connectivity index (χ4n) is 0.510. The third kappa shape index (κ3) is 1.90. The first kappa shape index (κ1) is 6.60. The maximum Gasteiger partial charge on any atom is 0.0466 e. The first-order valence-electron chi connectivity index (χ1n) is 2.08. The van der Waals surface area contributed by atoms with Crippen LogP contribution in [0.4, 0.5) is 0 Å².